The van der Waals surface area contributed by atoms with Gasteiger partial charge in [-0.1, -0.05) is 20.8 Å². The number of likely N-dealkylation sites (tertiary alicyclic amines) is 1. The Kier molecular flexibility index (Phi) is 9.60. The molecule has 0 aromatic heterocycles. The molecular weight excluding hydrogens is 342 g/mol. The van der Waals surface area contributed by atoms with E-state index in [-0.39, 0.29) is 28.5 Å². The second-order valence-corrected chi connectivity index (χ2v) is 4.01. The van der Waals surface area contributed by atoms with E-state index in [1.807, 2.05) is 0 Å². The Morgan fingerprint density at radius 3 is 2.21 bits per heavy atom. The van der Waals surface area contributed by atoms with E-state index in [1.165, 1.54) is 25.9 Å². The fourth-order valence-corrected chi connectivity index (χ4v) is 2.63. The molecule has 1 heterocycles. The Labute approximate surface area is 105 Å². The normalized spacial score (nSPS) is 34.7. The summed E-state index contributed by atoms with van der Waals surface area (Å²) in [5, 5.41) is 0. The number of hydrogen-bond acceptors (Lipinski definition) is 1. The van der Waals surface area contributed by atoms with E-state index in [4.69, 9.17) is 0 Å². The number of fused-ring (bicyclic) bond motifs is 1. The van der Waals surface area contributed by atoms with Gasteiger partial charge in [-0.3, -0.25) is 7.05 Å². The van der Waals surface area contributed by atoms with Gasteiger partial charge in [0.05, 0.1) is 0 Å². The molecule has 84 valence electrons. The van der Waals surface area contributed by atoms with Gasteiger partial charge in [0, 0.05) is 0 Å². The number of nitrogens with zero attached hydrogens (tertiary/aromatic N) is 1. The molecule has 3 atom stereocenters. The van der Waals surface area contributed by atoms with Crippen LogP contribution in [0.4, 0.5) is 0 Å². The van der Waals surface area contributed by atoms with Crippen LogP contribution in [0.1, 0.15) is 34.1 Å². The van der Waals surface area contributed by atoms with Crippen molar-refractivity contribution in [3.05, 3.63) is 14.0 Å². The molecule has 0 radical (unpaired) electrons. The molecule has 0 spiro atoms. The van der Waals surface area contributed by atoms with Crippen molar-refractivity contribution in [1.29, 1.82) is 0 Å². The minimum atomic E-state index is 0. The SMILES string of the molecule is C.[CH2-]C.[CH2-]N1C[C@H]2CCC(C)[C@H]2C1.[W+2]. The summed E-state index contributed by atoms with van der Waals surface area (Å²) < 4.78 is 0. The molecule has 0 aromatic rings. The van der Waals surface area contributed by atoms with E-state index in [1.54, 1.807) is 6.92 Å². The number of rotatable bonds is 0. The van der Waals surface area contributed by atoms with E-state index >= 15 is 0 Å². The fraction of sp³-hybridized carbons (Fsp3) is 0.833. The largest absolute Gasteiger partial charge is 2.00 e. The van der Waals surface area contributed by atoms with Crippen LogP contribution in [-0.2, 0) is 21.1 Å². The second kappa shape index (κ2) is 7.88. The monoisotopic (exact) mass is 367 g/mol. The molecule has 2 aliphatic rings. The van der Waals surface area contributed by atoms with Crippen molar-refractivity contribution in [1.82, 2.24) is 4.90 Å². The van der Waals surface area contributed by atoms with Crippen LogP contribution < -0.4 is 0 Å². The first-order chi connectivity index (χ1) is 5.77. The van der Waals surface area contributed by atoms with Crippen molar-refractivity contribution < 1.29 is 21.1 Å². The van der Waals surface area contributed by atoms with Gasteiger partial charge in [0.15, 0.2) is 0 Å². The van der Waals surface area contributed by atoms with Crippen molar-refractivity contribution in [3.63, 3.8) is 0 Å². The molecule has 1 nitrogen and oxygen atoms in total. The molecule has 0 bridgehead atoms. The van der Waals surface area contributed by atoms with Crippen molar-refractivity contribution in [3.8, 4) is 0 Å². The summed E-state index contributed by atoms with van der Waals surface area (Å²) in [5.74, 6) is 2.95. The maximum atomic E-state index is 3.99. The van der Waals surface area contributed by atoms with Crippen LogP contribution in [0.3, 0.4) is 0 Å². The van der Waals surface area contributed by atoms with Crippen LogP contribution in [-0.4, -0.2) is 18.0 Å². The van der Waals surface area contributed by atoms with Crippen LogP contribution in [0.25, 0.3) is 0 Å². The molecule has 0 aromatic carbocycles. The third-order valence-electron chi connectivity index (χ3n) is 3.29. The Balaban J connectivity index is 0. The molecule has 1 saturated heterocycles. The molecule has 0 N–H and O–H groups in total. The molecule has 14 heavy (non-hydrogen) atoms. The minimum absolute atomic E-state index is 0. The predicted octanol–water partition coefficient (Wildman–Crippen LogP) is 3.23. The number of hydrogen-bond donors (Lipinski definition) is 0. The Bertz CT molecular complexity index is 138. The molecule has 1 aliphatic heterocycles. The molecule has 2 fully saturated rings. The zero-order valence-electron chi connectivity index (χ0n) is 8.83. The maximum Gasteiger partial charge on any atom is 2.00 e. The summed E-state index contributed by atoms with van der Waals surface area (Å²) in [6.45, 7) is 9.91. The molecule has 1 saturated carbocycles. The van der Waals surface area contributed by atoms with Crippen molar-refractivity contribution >= 4 is 0 Å². The summed E-state index contributed by atoms with van der Waals surface area (Å²) in [4.78, 5) is 2.24. The topological polar surface area (TPSA) is 3.24 Å². The van der Waals surface area contributed by atoms with E-state index in [0.29, 0.717) is 0 Å². The van der Waals surface area contributed by atoms with Crippen LogP contribution >= 0.6 is 0 Å². The van der Waals surface area contributed by atoms with Crippen LogP contribution in [0.5, 0.6) is 0 Å². The van der Waals surface area contributed by atoms with Gasteiger partial charge < -0.3 is 11.8 Å². The van der Waals surface area contributed by atoms with Gasteiger partial charge in [0.1, 0.15) is 0 Å². The summed E-state index contributed by atoms with van der Waals surface area (Å²) in [5.41, 5.74) is 0. The predicted molar refractivity (Wildman–Crippen MR) is 60.1 cm³/mol. The second-order valence-electron chi connectivity index (χ2n) is 4.01. The molecule has 2 heteroatoms. The van der Waals surface area contributed by atoms with Gasteiger partial charge in [0.2, 0.25) is 0 Å². The summed E-state index contributed by atoms with van der Waals surface area (Å²) in [7, 11) is 3.99. The van der Waals surface area contributed by atoms with Gasteiger partial charge in [-0.05, 0) is 37.3 Å². The first-order valence-electron chi connectivity index (χ1n) is 5.03. The molecule has 1 aliphatic carbocycles. The maximum absolute atomic E-state index is 3.99. The first kappa shape index (κ1) is 17.1. The Morgan fingerprint density at radius 1 is 1.14 bits per heavy atom. The van der Waals surface area contributed by atoms with Crippen LogP contribution in [0.15, 0.2) is 0 Å². The van der Waals surface area contributed by atoms with Gasteiger partial charge in [-0.15, -0.1) is 0 Å². The Morgan fingerprint density at radius 2 is 1.71 bits per heavy atom. The van der Waals surface area contributed by atoms with Gasteiger partial charge in [-0.25, -0.2) is 0 Å². The quantitative estimate of drug-likeness (QED) is 0.595. The zero-order valence-corrected chi connectivity index (χ0v) is 11.8. The summed E-state index contributed by atoms with van der Waals surface area (Å²) in [6.07, 6.45) is 2.92. The minimum Gasteiger partial charge on any atom is -0.459 e. The van der Waals surface area contributed by atoms with E-state index in [2.05, 4.69) is 25.8 Å². The van der Waals surface area contributed by atoms with E-state index in [0.717, 1.165) is 17.8 Å². The van der Waals surface area contributed by atoms with E-state index < -0.39 is 0 Å². The summed E-state index contributed by atoms with van der Waals surface area (Å²) >= 11 is 0. The summed E-state index contributed by atoms with van der Waals surface area (Å²) in [6, 6.07) is 0. The van der Waals surface area contributed by atoms with Crippen molar-refractivity contribution in [2.24, 2.45) is 17.8 Å². The van der Waals surface area contributed by atoms with Crippen molar-refractivity contribution in [2.75, 3.05) is 13.1 Å². The average Bonchev–Trinajstić information content (AvgIpc) is 2.58. The first-order valence-corrected chi connectivity index (χ1v) is 5.03. The van der Waals surface area contributed by atoms with Crippen LogP contribution in [0.2, 0.25) is 0 Å². The average molecular weight is 367 g/mol. The van der Waals surface area contributed by atoms with Crippen LogP contribution in [0, 0.1) is 31.7 Å². The molecule has 1 unspecified atom stereocenters. The molecule has 0 amide bonds. The van der Waals surface area contributed by atoms with Gasteiger partial charge >= 0.3 is 21.1 Å². The van der Waals surface area contributed by atoms with Crippen molar-refractivity contribution in [2.45, 2.75) is 34.1 Å². The third-order valence-corrected chi connectivity index (χ3v) is 3.29. The van der Waals surface area contributed by atoms with Gasteiger partial charge in [-0.2, -0.15) is 6.92 Å². The molecular formula is C12H25NW. The Hall–Kier alpha value is 0.648. The third kappa shape index (κ3) is 3.66. The standard InChI is InChI=1S/C9H16N.C2H5.CH4.W/c1-7-3-4-8-5-10(2)6-9(7)8;1-2;;/h7-9H,2-6H2,1H3;1H2,2H3;1H4;/q2*-1;;+2/t7?,8-,9-;;;/m1.../s1. The van der Waals surface area contributed by atoms with E-state index in [9.17, 15) is 0 Å². The van der Waals surface area contributed by atoms with Gasteiger partial charge in [0.25, 0.3) is 0 Å². The fourth-order valence-electron chi connectivity index (χ4n) is 2.63. The molecule has 2 rings (SSSR count). The smallest absolute Gasteiger partial charge is 0.459 e. The zero-order chi connectivity index (χ0) is 9.14.